The first-order valence-electron chi connectivity index (χ1n) is 8.72. The molecule has 0 saturated heterocycles. The zero-order valence-corrected chi connectivity index (χ0v) is 14.4. The maximum atomic E-state index is 5.51. The normalized spacial score (nSPS) is 30.8. The number of benzene rings is 2. The molecule has 2 aliphatic heterocycles. The van der Waals surface area contributed by atoms with E-state index in [-0.39, 0.29) is 5.54 Å². The molecule has 0 spiro atoms. The van der Waals surface area contributed by atoms with Gasteiger partial charge in [-0.1, -0.05) is 48.5 Å². The molecular weight excluding hydrogens is 282 g/mol. The smallest absolute Gasteiger partial charge is 0.149 e. The Kier molecular flexibility index (Phi) is 3.36. The van der Waals surface area contributed by atoms with E-state index in [9.17, 15) is 0 Å². The van der Waals surface area contributed by atoms with Crippen molar-refractivity contribution >= 4 is 0 Å². The second kappa shape index (κ2) is 5.19. The van der Waals surface area contributed by atoms with Crippen LogP contribution in [0.25, 0.3) is 0 Å². The van der Waals surface area contributed by atoms with Gasteiger partial charge in [-0.15, -0.1) is 0 Å². The summed E-state index contributed by atoms with van der Waals surface area (Å²) in [6.45, 7) is 7.82. The monoisotopic (exact) mass is 308 g/mol. The third-order valence-electron chi connectivity index (χ3n) is 6.55. The third-order valence-corrected chi connectivity index (χ3v) is 6.55. The number of rotatable bonds is 4. The van der Waals surface area contributed by atoms with Gasteiger partial charge in [-0.2, -0.15) is 0 Å². The van der Waals surface area contributed by atoms with Crippen LogP contribution in [0, 0.1) is 0 Å². The molecule has 2 heterocycles. The molecule has 23 heavy (non-hydrogen) atoms. The summed E-state index contributed by atoms with van der Waals surface area (Å²) in [5.41, 5.74) is 6.13. The summed E-state index contributed by atoms with van der Waals surface area (Å²) in [4.78, 5) is 0. The maximum absolute atomic E-state index is 5.51. The molecular formula is C21H26NO+. The fourth-order valence-electron chi connectivity index (χ4n) is 5.43. The summed E-state index contributed by atoms with van der Waals surface area (Å²) in [5, 5.41) is 0. The average molecular weight is 308 g/mol. The number of quaternary nitrogens is 1. The van der Waals surface area contributed by atoms with Crippen LogP contribution in [-0.4, -0.2) is 31.3 Å². The zero-order chi connectivity index (χ0) is 16.1. The molecule has 2 aromatic rings. The standard InChI is InChI=1S/C21H26NO/c1-4-22(13-14-23-3)20-15-16-9-5-7-11-18(16)21(22,2)19-12-8-6-10-17(19)20/h5-12,20H,4,13-15H2,1-3H3/q+1/t20-,21+,22-/m1/s1. The first kappa shape index (κ1) is 14.9. The van der Waals surface area contributed by atoms with Crippen molar-refractivity contribution in [1.29, 1.82) is 0 Å². The molecule has 2 nitrogen and oxygen atoms in total. The van der Waals surface area contributed by atoms with E-state index in [1.807, 2.05) is 7.11 Å². The molecule has 2 heteroatoms. The van der Waals surface area contributed by atoms with Gasteiger partial charge in [0.15, 0.2) is 0 Å². The lowest BCUT2D eigenvalue weighted by Gasteiger charge is -2.54. The summed E-state index contributed by atoms with van der Waals surface area (Å²) in [7, 11) is 1.82. The van der Waals surface area contributed by atoms with Crippen LogP contribution in [0.15, 0.2) is 48.5 Å². The molecule has 0 N–H and O–H groups in total. The number of methoxy groups -OCH3 is 1. The summed E-state index contributed by atoms with van der Waals surface area (Å²) in [6, 6.07) is 18.7. The van der Waals surface area contributed by atoms with Crippen LogP contribution in [0.4, 0.5) is 0 Å². The van der Waals surface area contributed by atoms with Gasteiger partial charge in [0.05, 0.1) is 13.2 Å². The predicted octanol–water partition coefficient (Wildman–Crippen LogP) is 4.04. The van der Waals surface area contributed by atoms with Gasteiger partial charge in [-0.25, -0.2) is 0 Å². The van der Waals surface area contributed by atoms with E-state index in [1.165, 1.54) is 16.7 Å². The van der Waals surface area contributed by atoms with E-state index in [0.717, 1.165) is 30.6 Å². The van der Waals surface area contributed by atoms with Gasteiger partial charge in [-0.05, 0) is 19.4 Å². The summed E-state index contributed by atoms with van der Waals surface area (Å²) in [6.07, 6.45) is 1.14. The van der Waals surface area contributed by atoms with Crippen molar-refractivity contribution in [2.24, 2.45) is 0 Å². The quantitative estimate of drug-likeness (QED) is 0.775. The van der Waals surface area contributed by atoms with E-state index >= 15 is 0 Å². The molecule has 2 aliphatic rings. The Labute approximate surface area is 139 Å². The van der Waals surface area contributed by atoms with Gasteiger partial charge < -0.3 is 9.22 Å². The Hall–Kier alpha value is -1.64. The van der Waals surface area contributed by atoms with Gasteiger partial charge in [0.25, 0.3) is 0 Å². The van der Waals surface area contributed by atoms with Crippen molar-refractivity contribution in [3.05, 3.63) is 70.8 Å². The van der Waals surface area contributed by atoms with Crippen LogP contribution in [-0.2, 0) is 16.7 Å². The highest BCUT2D eigenvalue weighted by Gasteiger charge is 2.63. The Morgan fingerprint density at radius 3 is 2.52 bits per heavy atom. The van der Waals surface area contributed by atoms with Crippen molar-refractivity contribution in [2.75, 3.05) is 26.8 Å². The van der Waals surface area contributed by atoms with Crippen molar-refractivity contribution in [2.45, 2.75) is 31.8 Å². The molecule has 2 bridgehead atoms. The van der Waals surface area contributed by atoms with Gasteiger partial charge in [0.2, 0.25) is 0 Å². The van der Waals surface area contributed by atoms with E-state index in [1.54, 1.807) is 5.56 Å². The van der Waals surface area contributed by atoms with Crippen LogP contribution in [0.3, 0.4) is 0 Å². The molecule has 0 saturated carbocycles. The van der Waals surface area contributed by atoms with Crippen LogP contribution >= 0.6 is 0 Å². The van der Waals surface area contributed by atoms with Crippen LogP contribution in [0.2, 0.25) is 0 Å². The van der Waals surface area contributed by atoms with Crippen molar-refractivity contribution in [3.63, 3.8) is 0 Å². The number of fused-ring (bicyclic) bond motifs is 7. The Morgan fingerprint density at radius 2 is 1.78 bits per heavy atom. The molecule has 0 radical (unpaired) electrons. The van der Waals surface area contributed by atoms with E-state index in [0.29, 0.717) is 6.04 Å². The fraction of sp³-hybridized carbons (Fsp3) is 0.429. The largest absolute Gasteiger partial charge is 0.379 e. The SMILES string of the molecule is CC[N@@+]1(CCOC)[C@@H]2Cc3ccccc3[C@@]1(C)c1ccccc12. The van der Waals surface area contributed by atoms with Gasteiger partial charge >= 0.3 is 0 Å². The van der Waals surface area contributed by atoms with Crippen LogP contribution in [0.5, 0.6) is 0 Å². The zero-order valence-electron chi connectivity index (χ0n) is 14.4. The van der Waals surface area contributed by atoms with E-state index in [2.05, 4.69) is 62.4 Å². The number of likely N-dealkylation sites (N-methyl/N-ethyl adjacent to an activating group) is 1. The van der Waals surface area contributed by atoms with Crippen molar-refractivity contribution in [1.82, 2.24) is 0 Å². The molecule has 0 unspecified atom stereocenters. The van der Waals surface area contributed by atoms with Crippen molar-refractivity contribution < 1.29 is 9.22 Å². The molecule has 3 atom stereocenters. The molecule has 0 fully saturated rings. The minimum Gasteiger partial charge on any atom is -0.379 e. The Morgan fingerprint density at radius 1 is 1.09 bits per heavy atom. The average Bonchev–Trinajstić information content (AvgIpc) is 2.73. The minimum absolute atomic E-state index is 0.0311. The lowest BCUT2D eigenvalue weighted by molar-refractivity contribution is -0.996. The minimum atomic E-state index is 0.0311. The number of hydrogen-bond donors (Lipinski definition) is 0. The Bertz CT molecular complexity index is 727. The second-order valence-corrected chi connectivity index (χ2v) is 7.10. The second-order valence-electron chi connectivity index (χ2n) is 7.10. The highest BCUT2D eigenvalue weighted by molar-refractivity contribution is 5.51. The number of nitrogens with zero attached hydrogens (tertiary/aromatic N) is 1. The lowest BCUT2D eigenvalue weighted by atomic mass is 9.78. The van der Waals surface area contributed by atoms with Crippen LogP contribution in [0.1, 0.15) is 42.1 Å². The first-order chi connectivity index (χ1) is 11.2. The first-order valence-corrected chi connectivity index (χ1v) is 8.72. The lowest BCUT2D eigenvalue weighted by Crippen LogP contribution is -2.62. The predicted molar refractivity (Wildman–Crippen MR) is 93.3 cm³/mol. The molecule has 0 aromatic heterocycles. The summed E-state index contributed by atoms with van der Waals surface area (Å²) in [5.74, 6) is 0. The van der Waals surface area contributed by atoms with Gasteiger partial charge in [0, 0.05) is 30.2 Å². The number of hydrogen-bond acceptors (Lipinski definition) is 1. The summed E-state index contributed by atoms with van der Waals surface area (Å²) < 4.78 is 6.61. The topological polar surface area (TPSA) is 9.23 Å². The van der Waals surface area contributed by atoms with Crippen molar-refractivity contribution in [3.8, 4) is 0 Å². The maximum Gasteiger partial charge on any atom is 0.149 e. The van der Waals surface area contributed by atoms with E-state index < -0.39 is 0 Å². The Balaban J connectivity index is 2.01. The fourth-order valence-corrected chi connectivity index (χ4v) is 5.43. The molecule has 0 amide bonds. The third kappa shape index (κ3) is 1.71. The molecule has 0 aliphatic carbocycles. The van der Waals surface area contributed by atoms with Crippen LogP contribution < -0.4 is 0 Å². The highest BCUT2D eigenvalue weighted by atomic mass is 16.5. The number of ether oxygens (including phenoxy) is 1. The molecule has 4 rings (SSSR count). The van der Waals surface area contributed by atoms with Gasteiger partial charge in [0.1, 0.15) is 18.1 Å². The highest BCUT2D eigenvalue weighted by Crippen LogP contribution is 2.60. The molecule has 120 valence electrons. The molecule has 2 aromatic carbocycles. The summed E-state index contributed by atoms with van der Waals surface area (Å²) >= 11 is 0. The van der Waals surface area contributed by atoms with E-state index in [4.69, 9.17) is 4.74 Å². The van der Waals surface area contributed by atoms with Gasteiger partial charge in [-0.3, -0.25) is 0 Å².